The third kappa shape index (κ3) is 4.54. The van der Waals surface area contributed by atoms with Crippen molar-refractivity contribution in [1.29, 1.82) is 0 Å². The molecule has 0 spiro atoms. The van der Waals surface area contributed by atoms with Crippen LogP contribution in [0.15, 0.2) is 35.2 Å². The van der Waals surface area contributed by atoms with Crippen molar-refractivity contribution in [3.63, 3.8) is 0 Å². The maximum Gasteiger partial charge on any atom is 0.178 e. The Kier molecular flexibility index (Phi) is 5.64. The molecule has 0 N–H and O–H groups in total. The molecule has 1 aliphatic heterocycles. The summed E-state index contributed by atoms with van der Waals surface area (Å²) in [5.74, 6) is -0.0697. The van der Waals surface area contributed by atoms with Crippen LogP contribution < -0.4 is 0 Å². The summed E-state index contributed by atoms with van der Waals surface area (Å²) in [7, 11) is -3.30. The molecule has 1 unspecified atom stereocenters. The zero-order valence-corrected chi connectivity index (χ0v) is 14.4. The van der Waals surface area contributed by atoms with Gasteiger partial charge < -0.3 is 9.47 Å². The van der Waals surface area contributed by atoms with Gasteiger partial charge in [-0.25, -0.2) is 8.42 Å². The Hall–Kier alpha value is -0.910. The quantitative estimate of drug-likeness (QED) is 0.804. The second kappa shape index (κ2) is 7.11. The van der Waals surface area contributed by atoms with Crippen LogP contribution in [0.3, 0.4) is 0 Å². The second-order valence-corrected chi connectivity index (χ2v) is 8.55. The van der Waals surface area contributed by atoms with Crippen LogP contribution in [0, 0.1) is 5.92 Å². The molecule has 0 radical (unpaired) electrons. The molecule has 22 heavy (non-hydrogen) atoms. The topological polar surface area (TPSA) is 52.6 Å². The van der Waals surface area contributed by atoms with Gasteiger partial charge in [-0.3, -0.25) is 0 Å². The SMILES string of the molecule is C[C@H](CS(=O)(=O)c1ccccc1)C(C)(C)OC1CCCCO1. The molecule has 0 saturated carbocycles. The highest BCUT2D eigenvalue weighted by molar-refractivity contribution is 7.91. The van der Waals surface area contributed by atoms with Crippen LogP contribution in [0.4, 0.5) is 0 Å². The summed E-state index contributed by atoms with van der Waals surface area (Å²) < 4.78 is 36.6. The first-order valence-electron chi connectivity index (χ1n) is 7.88. The van der Waals surface area contributed by atoms with Gasteiger partial charge in [-0.15, -0.1) is 0 Å². The van der Waals surface area contributed by atoms with Gasteiger partial charge in [0.15, 0.2) is 16.1 Å². The van der Waals surface area contributed by atoms with E-state index >= 15 is 0 Å². The van der Waals surface area contributed by atoms with E-state index in [0.29, 0.717) is 4.90 Å². The lowest BCUT2D eigenvalue weighted by molar-refractivity contribution is -0.225. The third-order valence-electron chi connectivity index (χ3n) is 4.33. The lowest BCUT2D eigenvalue weighted by atomic mass is 9.94. The molecule has 0 bridgehead atoms. The number of sulfone groups is 1. The van der Waals surface area contributed by atoms with Crippen LogP contribution in [-0.2, 0) is 19.3 Å². The van der Waals surface area contributed by atoms with Crippen LogP contribution in [0.1, 0.15) is 40.0 Å². The maximum atomic E-state index is 12.5. The molecule has 0 amide bonds. The summed E-state index contributed by atoms with van der Waals surface area (Å²) in [6.07, 6.45) is 2.82. The van der Waals surface area contributed by atoms with Crippen molar-refractivity contribution < 1.29 is 17.9 Å². The Morgan fingerprint density at radius 1 is 1.27 bits per heavy atom. The fourth-order valence-electron chi connectivity index (χ4n) is 2.51. The average Bonchev–Trinajstić information content (AvgIpc) is 2.48. The fourth-order valence-corrected chi connectivity index (χ4v) is 4.34. The van der Waals surface area contributed by atoms with E-state index in [1.54, 1.807) is 24.3 Å². The summed E-state index contributed by atoms with van der Waals surface area (Å²) in [6, 6.07) is 8.58. The first-order valence-corrected chi connectivity index (χ1v) is 9.54. The second-order valence-electron chi connectivity index (χ2n) is 6.51. The maximum absolute atomic E-state index is 12.5. The van der Waals surface area contributed by atoms with E-state index in [2.05, 4.69) is 0 Å². The smallest absolute Gasteiger partial charge is 0.178 e. The number of benzene rings is 1. The lowest BCUT2D eigenvalue weighted by Crippen LogP contribution is -2.41. The number of rotatable bonds is 6. The van der Waals surface area contributed by atoms with Gasteiger partial charge in [0.05, 0.1) is 16.2 Å². The summed E-state index contributed by atoms with van der Waals surface area (Å²) in [5, 5.41) is 0. The van der Waals surface area contributed by atoms with Crippen LogP contribution in [0.5, 0.6) is 0 Å². The van der Waals surface area contributed by atoms with Crippen molar-refractivity contribution in [1.82, 2.24) is 0 Å². The summed E-state index contributed by atoms with van der Waals surface area (Å²) in [5.41, 5.74) is -0.552. The van der Waals surface area contributed by atoms with Crippen molar-refractivity contribution in [2.75, 3.05) is 12.4 Å². The van der Waals surface area contributed by atoms with Gasteiger partial charge in [0, 0.05) is 6.61 Å². The van der Waals surface area contributed by atoms with E-state index in [0.717, 1.165) is 25.9 Å². The fraction of sp³-hybridized carbons (Fsp3) is 0.647. The van der Waals surface area contributed by atoms with Crippen LogP contribution >= 0.6 is 0 Å². The molecule has 2 atom stereocenters. The van der Waals surface area contributed by atoms with Gasteiger partial charge in [0.25, 0.3) is 0 Å². The van der Waals surface area contributed by atoms with Crippen LogP contribution in [0.25, 0.3) is 0 Å². The van der Waals surface area contributed by atoms with Crippen LogP contribution in [-0.4, -0.2) is 32.7 Å². The summed E-state index contributed by atoms with van der Waals surface area (Å²) >= 11 is 0. The summed E-state index contributed by atoms with van der Waals surface area (Å²) in [4.78, 5) is 0.367. The molecule has 1 fully saturated rings. The first-order chi connectivity index (χ1) is 10.3. The molecular weight excluding hydrogens is 300 g/mol. The molecule has 4 nitrogen and oxygen atoms in total. The van der Waals surface area contributed by atoms with E-state index in [1.165, 1.54) is 0 Å². The molecule has 1 heterocycles. The van der Waals surface area contributed by atoms with Crippen molar-refractivity contribution in [2.45, 2.75) is 56.8 Å². The highest BCUT2D eigenvalue weighted by atomic mass is 32.2. The molecule has 1 aliphatic rings. The van der Waals surface area contributed by atoms with Gasteiger partial charge in [0.1, 0.15) is 0 Å². The Morgan fingerprint density at radius 2 is 1.95 bits per heavy atom. The van der Waals surface area contributed by atoms with E-state index < -0.39 is 15.4 Å². The highest BCUT2D eigenvalue weighted by Crippen LogP contribution is 2.29. The zero-order chi connectivity index (χ0) is 16.2. The number of hydrogen-bond acceptors (Lipinski definition) is 4. The molecule has 1 saturated heterocycles. The van der Waals surface area contributed by atoms with E-state index in [9.17, 15) is 8.42 Å². The van der Waals surface area contributed by atoms with Crippen molar-refractivity contribution in [3.05, 3.63) is 30.3 Å². The van der Waals surface area contributed by atoms with Gasteiger partial charge in [-0.05, 0) is 51.2 Å². The Bertz CT molecular complexity index is 560. The molecule has 0 aromatic heterocycles. The minimum Gasteiger partial charge on any atom is -0.353 e. The molecule has 5 heteroatoms. The first kappa shape index (κ1) is 17.4. The monoisotopic (exact) mass is 326 g/mol. The normalized spacial score (nSPS) is 21.5. The zero-order valence-electron chi connectivity index (χ0n) is 13.6. The molecule has 0 aliphatic carbocycles. The molecule has 124 valence electrons. The lowest BCUT2D eigenvalue weighted by Gasteiger charge is -2.36. The molecule has 1 aromatic rings. The van der Waals surface area contributed by atoms with Gasteiger partial charge in [-0.2, -0.15) is 0 Å². The van der Waals surface area contributed by atoms with Crippen molar-refractivity contribution in [3.8, 4) is 0 Å². The summed E-state index contributed by atoms with van der Waals surface area (Å²) in [6.45, 7) is 6.52. The minimum atomic E-state index is -3.30. The van der Waals surface area contributed by atoms with E-state index in [1.807, 2.05) is 26.8 Å². The Morgan fingerprint density at radius 3 is 2.55 bits per heavy atom. The average molecular weight is 326 g/mol. The molecule has 1 aromatic carbocycles. The predicted molar refractivity (Wildman–Crippen MR) is 86.4 cm³/mol. The standard InChI is InChI=1S/C17H26O4S/c1-14(13-22(18,19)15-9-5-4-6-10-15)17(2,3)21-16-11-7-8-12-20-16/h4-6,9-10,14,16H,7-8,11-13H2,1-3H3/t14-,16?/m1/s1. The van der Waals surface area contributed by atoms with Gasteiger partial charge in [-0.1, -0.05) is 25.1 Å². The highest BCUT2D eigenvalue weighted by Gasteiger charge is 2.34. The largest absolute Gasteiger partial charge is 0.353 e. The Labute approximate surface area is 133 Å². The third-order valence-corrected chi connectivity index (χ3v) is 6.26. The Balaban J connectivity index is 2.01. The predicted octanol–water partition coefficient (Wildman–Crippen LogP) is 3.42. The van der Waals surface area contributed by atoms with Crippen molar-refractivity contribution >= 4 is 9.84 Å². The van der Waals surface area contributed by atoms with Crippen LogP contribution in [0.2, 0.25) is 0 Å². The van der Waals surface area contributed by atoms with Gasteiger partial charge in [0.2, 0.25) is 0 Å². The van der Waals surface area contributed by atoms with E-state index in [-0.39, 0.29) is 18.0 Å². The van der Waals surface area contributed by atoms with Crippen molar-refractivity contribution in [2.24, 2.45) is 5.92 Å². The minimum absolute atomic E-state index is 0.0662. The molecular formula is C17H26O4S. The number of hydrogen-bond donors (Lipinski definition) is 0. The molecule has 2 rings (SSSR count). The van der Waals surface area contributed by atoms with E-state index in [4.69, 9.17) is 9.47 Å². The van der Waals surface area contributed by atoms with Gasteiger partial charge >= 0.3 is 0 Å². The number of ether oxygens (including phenoxy) is 2.